The predicted octanol–water partition coefficient (Wildman–Crippen LogP) is 1.72. The molecule has 0 aromatic carbocycles. The highest BCUT2D eigenvalue weighted by Crippen LogP contribution is 2.16. The topological polar surface area (TPSA) is 58.1 Å². The Morgan fingerprint density at radius 3 is 2.83 bits per heavy atom. The lowest BCUT2D eigenvalue weighted by Gasteiger charge is -2.23. The van der Waals surface area contributed by atoms with Crippen LogP contribution in [0.25, 0.3) is 0 Å². The fourth-order valence-electron chi connectivity index (χ4n) is 2.84. The Morgan fingerprint density at radius 2 is 2.12 bits per heavy atom. The van der Waals surface area contributed by atoms with Crippen LogP contribution in [0.4, 0.5) is 0 Å². The maximum absolute atomic E-state index is 5.61. The van der Waals surface area contributed by atoms with E-state index in [9.17, 15) is 0 Å². The molecule has 0 aromatic heterocycles. The van der Waals surface area contributed by atoms with Crippen molar-refractivity contribution in [3.63, 3.8) is 0 Å². The van der Waals surface area contributed by atoms with Crippen molar-refractivity contribution in [3.8, 4) is 0 Å². The number of hydrogen-bond acceptors (Lipinski definition) is 4. The van der Waals surface area contributed by atoms with Gasteiger partial charge in [-0.05, 0) is 38.6 Å². The molecule has 2 N–H and O–H groups in total. The van der Waals surface area contributed by atoms with Crippen LogP contribution in [0.5, 0.6) is 0 Å². The van der Waals surface area contributed by atoms with Gasteiger partial charge in [0.25, 0.3) is 0 Å². The third kappa shape index (κ3) is 9.45. The molecule has 6 heteroatoms. The van der Waals surface area contributed by atoms with Crippen molar-refractivity contribution in [1.82, 2.24) is 15.5 Å². The number of methoxy groups -OCH3 is 1. The number of ether oxygens (including phenoxy) is 2. The molecular weight excluding hydrogens is 304 g/mol. The number of aliphatic imine (C=N–C) groups is 1. The van der Waals surface area contributed by atoms with Gasteiger partial charge in [-0.25, -0.2) is 0 Å². The van der Waals surface area contributed by atoms with E-state index in [4.69, 9.17) is 14.5 Å². The number of nitrogens with one attached hydrogen (secondary N) is 2. The van der Waals surface area contributed by atoms with Crippen LogP contribution in [0.3, 0.4) is 0 Å². The summed E-state index contributed by atoms with van der Waals surface area (Å²) in [6.07, 6.45) is 3.50. The van der Waals surface area contributed by atoms with Crippen LogP contribution in [0.2, 0.25) is 0 Å². The Bertz CT molecular complexity index is 337. The van der Waals surface area contributed by atoms with E-state index in [-0.39, 0.29) is 0 Å². The van der Waals surface area contributed by atoms with Gasteiger partial charge in [0.15, 0.2) is 5.96 Å². The van der Waals surface area contributed by atoms with Crippen molar-refractivity contribution in [2.24, 2.45) is 10.9 Å². The van der Waals surface area contributed by atoms with Crippen molar-refractivity contribution >= 4 is 5.96 Å². The highest BCUT2D eigenvalue weighted by Gasteiger charge is 2.23. The zero-order valence-electron chi connectivity index (χ0n) is 16.1. The monoisotopic (exact) mass is 342 g/mol. The molecule has 0 amide bonds. The van der Waals surface area contributed by atoms with Gasteiger partial charge in [-0.2, -0.15) is 0 Å². The summed E-state index contributed by atoms with van der Waals surface area (Å²) >= 11 is 0. The van der Waals surface area contributed by atoms with E-state index in [0.29, 0.717) is 12.0 Å². The minimum Gasteiger partial charge on any atom is -0.383 e. The SMILES string of the molecule is CCNC(=NCC1CCCN1CCOC)NCCCOCC(C)C. The van der Waals surface area contributed by atoms with Crippen molar-refractivity contribution in [1.29, 1.82) is 0 Å². The summed E-state index contributed by atoms with van der Waals surface area (Å²) in [5.74, 6) is 1.52. The number of guanidine groups is 1. The van der Waals surface area contributed by atoms with E-state index in [1.165, 1.54) is 19.4 Å². The van der Waals surface area contributed by atoms with Crippen LogP contribution in [-0.2, 0) is 9.47 Å². The third-order valence-electron chi connectivity index (χ3n) is 4.10. The molecule has 1 rings (SSSR count). The highest BCUT2D eigenvalue weighted by atomic mass is 16.5. The summed E-state index contributed by atoms with van der Waals surface area (Å²) in [5, 5.41) is 6.74. The molecule has 1 aliphatic heterocycles. The summed E-state index contributed by atoms with van der Waals surface area (Å²) < 4.78 is 10.8. The first-order valence-electron chi connectivity index (χ1n) is 9.50. The minimum absolute atomic E-state index is 0.546. The van der Waals surface area contributed by atoms with Crippen molar-refractivity contribution < 1.29 is 9.47 Å². The average molecular weight is 343 g/mol. The average Bonchev–Trinajstić information content (AvgIpc) is 3.00. The summed E-state index contributed by atoms with van der Waals surface area (Å²) in [7, 11) is 1.77. The van der Waals surface area contributed by atoms with Gasteiger partial charge in [0, 0.05) is 46.0 Å². The molecule has 24 heavy (non-hydrogen) atoms. The zero-order valence-corrected chi connectivity index (χ0v) is 16.1. The molecule has 1 fully saturated rings. The summed E-state index contributed by atoms with van der Waals surface area (Å²) in [6, 6.07) is 0.546. The second kappa shape index (κ2) is 13.4. The van der Waals surface area contributed by atoms with E-state index in [1.54, 1.807) is 7.11 Å². The lowest BCUT2D eigenvalue weighted by molar-refractivity contribution is 0.108. The number of hydrogen-bond donors (Lipinski definition) is 2. The van der Waals surface area contributed by atoms with Crippen LogP contribution in [-0.4, -0.2) is 76.6 Å². The van der Waals surface area contributed by atoms with Crippen LogP contribution in [0.15, 0.2) is 4.99 Å². The fraction of sp³-hybridized carbons (Fsp3) is 0.944. The molecule has 0 radical (unpaired) electrons. The second-order valence-corrected chi connectivity index (χ2v) is 6.79. The van der Waals surface area contributed by atoms with Gasteiger partial charge in [-0.1, -0.05) is 13.8 Å². The molecule has 0 saturated carbocycles. The van der Waals surface area contributed by atoms with E-state index in [0.717, 1.165) is 58.4 Å². The Labute approximate surface area is 148 Å². The third-order valence-corrected chi connectivity index (χ3v) is 4.10. The maximum atomic E-state index is 5.61. The van der Waals surface area contributed by atoms with Crippen molar-refractivity contribution in [2.75, 3.05) is 59.7 Å². The molecule has 0 spiro atoms. The molecule has 1 heterocycles. The van der Waals surface area contributed by atoms with Gasteiger partial charge < -0.3 is 20.1 Å². The van der Waals surface area contributed by atoms with Crippen molar-refractivity contribution in [3.05, 3.63) is 0 Å². The van der Waals surface area contributed by atoms with Crippen LogP contribution < -0.4 is 10.6 Å². The Hall–Kier alpha value is -0.850. The Kier molecular flexibility index (Phi) is 11.9. The molecule has 0 bridgehead atoms. The van der Waals surface area contributed by atoms with Gasteiger partial charge in [0.1, 0.15) is 0 Å². The smallest absolute Gasteiger partial charge is 0.191 e. The number of likely N-dealkylation sites (tertiary alicyclic amines) is 1. The van der Waals surface area contributed by atoms with Gasteiger partial charge in [-0.3, -0.25) is 9.89 Å². The van der Waals surface area contributed by atoms with E-state index < -0.39 is 0 Å². The summed E-state index contributed by atoms with van der Waals surface area (Å²) in [4.78, 5) is 7.27. The molecule has 1 saturated heterocycles. The molecule has 1 aliphatic rings. The molecule has 142 valence electrons. The highest BCUT2D eigenvalue weighted by molar-refractivity contribution is 5.79. The molecule has 0 aromatic rings. The Morgan fingerprint density at radius 1 is 1.29 bits per heavy atom. The first-order chi connectivity index (χ1) is 11.7. The zero-order chi connectivity index (χ0) is 17.6. The van der Waals surface area contributed by atoms with Crippen LogP contribution >= 0.6 is 0 Å². The van der Waals surface area contributed by atoms with Gasteiger partial charge >= 0.3 is 0 Å². The standard InChI is InChI=1S/C18H38N4O2/c1-5-19-18(20-9-7-12-24-15-16(2)3)21-14-17-8-6-10-22(17)11-13-23-4/h16-17H,5-15H2,1-4H3,(H2,19,20,21). The molecule has 0 aliphatic carbocycles. The van der Waals surface area contributed by atoms with E-state index in [2.05, 4.69) is 36.3 Å². The van der Waals surface area contributed by atoms with E-state index >= 15 is 0 Å². The lowest BCUT2D eigenvalue weighted by atomic mass is 10.2. The molecule has 1 atom stereocenters. The number of rotatable bonds is 12. The molecular formula is C18H38N4O2. The summed E-state index contributed by atoms with van der Waals surface area (Å²) in [5.41, 5.74) is 0. The summed E-state index contributed by atoms with van der Waals surface area (Å²) in [6.45, 7) is 13.7. The fourth-order valence-corrected chi connectivity index (χ4v) is 2.84. The second-order valence-electron chi connectivity index (χ2n) is 6.79. The first kappa shape index (κ1) is 21.2. The first-order valence-corrected chi connectivity index (χ1v) is 9.50. The van der Waals surface area contributed by atoms with Crippen molar-refractivity contribution in [2.45, 2.75) is 46.1 Å². The van der Waals surface area contributed by atoms with E-state index in [1.807, 2.05) is 0 Å². The number of nitrogens with zero attached hydrogens (tertiary/aromatic N) is 2. The van der Waals surface area contributed by atoms with Crippen LogP contribution in [0, 0.1) is 5.92 Å². The van der Waals surface area contributed by atoms with Gasteiger partial charge in [-0.15, -0.1) is 0 Å². The Balaban J connectivity index is 2.28. The lowest BCUT2D eigenvalue weighted by Crippen LogP contribution is -2.40. The quantitative estimate of drug-likeness (QED) is 0.321. The molecule has 1 unspecified atom stereocenters. The largest absolute Gasteiger partial charge is 0.383 e. The normalized spacial score (nSPS) is 19.2. The van der Waals surface area contributed by atoms with Crippen LogP contribution in [0.1, 0.15) is 40.0 Å². The van der Waals surface area contributed by atoms with Gasteiger partial charge in [0.05, 0.1) is 13.2 Å². The molecule has 6 nitrogen and oxygen atoms in total. The minimum atomic E-state index is 0.546. The van der Waals surface area contributed by atoms with Gasteiger partial charge in [0.2, 0.25) is 0 Å². The maximum Gasteiger partial charge on any atom is 0.191 e. The predicted molar refractivity (Wildman–Crippen MR) is 101 cm³/mol.